The Morgan fingerprint density at radius 2 is 1.87 bits per heavy atom. The molecule has 0 saturated heterocycles. The number of benzene rings is 1. The van der Waals surface area contributed by atoms with Gasteiger partial charge < -0.3 is 10.4 Å². The molecule has 1 heterocycles. The Morgan fingerprint density at radius 1 is 1.13 bits per heavy atom. The van der Waals surface area contributed by atoms with Crippen LogP contribution in [-0.2, 0) is 19.3 Å². The summed E-state index contributed by atoms with van der Waals surface area (Å²) < 4.78 is 0. The summed E-state index contributed by atoms with van der Waals surface area (Å²) in [5.74, 6) is 1.71. The number of anilines is 1. The van der Waals surface area contributed by atoms with Gasteiger partial charge in [0.1, 0.15) is 11.6 Å². The first kappa shape index (κ1) is 15.9. The van der Waals surface area contributed by atoms with Crippen LogP contribution >= 0.6 is 0 Å². The van der Waals surface area contributed by atoms with Crippen molar-refractivity contribution in [1.82, 2.24) is 9.97 Å². The molecule has 2 unspecified atom stereocenters. The van der Waals surface area contributed by atoms with Gasteiger partial charge in [-0.05, 0) is 45.1 Å². The van der Waals surface area contributed by atoms with Gasteiger partial charge >= 0.3 is 0 Å². The number of aromatic nitrogens is 2. The molecule has 23 heavy (non-hydrogen) atoms. The van der Waals surface area contributed by atoms with Crippen molar-refractivity contribution < 1.29 is 5.11 Å². The van der Waals surface area contributed by atoms with E-state index >= 15 is 0 Å². The number of hydrogen-bond donors (Lipinski definition) is 2. The zero-order chi connectivity index (χ0) is 16.2. The summed E-state index contributed by atoms with van der Waals surface area (Å²) in [6, 6.07) is 10.0. The van der Waals surface area contributed by atoms with Crippen LogP contribution in [0.5, 0.6) is 0 Å². The number of hydrogen-bond acceptors (Lipinski definition) is 4. The van der Waals surface area contributed by atoms with E-state index in [9.17, 15) is 5.11 Å². The van der Waals surface area contributed by atoms with Gasteiger partial charge in [0.05, 0.1) is 12.1 Å². The van der Waals surface area contributed by atoms with E-state index in [2.05, 4.69) is 15.3 Å². The summed E-state index contributed by atoms with van der Waals surface area (Å²) in [4.78, 5) is 9.16. The van der Waals surface area contributed by atoms with E-state index < -0.39 is 6.10 Å². The second kappa shape index (κ2) is 7.09. The van der Waals surface area contributed by atoms with Crippen molar-refractivity contribution in [2.45, 2.75) is 58.1 Å². The fourth-order valence-corrected chi connectivity index (χ4v) is 3.18. The summed E-state index contributed by atoms with van der Waals surface area (Å²) in [7, 11) is 0. The van der Waals surface area contributed by atoms with Crippen molar-refractivity contribution in [3.05, 3.63) is 53.0 Å². The minimum atomic E-state index is -0.452. The lowest BCUT2D eigenvalue weighted by atomic mass is 9.96. The molecule has 1 aliphatic carbocycles. The van der Waals surface area contributed by atoms with Crippen molar-refractivity contribution in [2.75, 3.05) is 5.32 Å². The van der Waals surface area contributed by atoms with E-state index in [0.29, 0.717) is 6.42 Å². The number of aryl methyl sites for hydroxylation is 2. The predicted octanol–water partition coefficient (Wildman–Crippen LogP) is 3.07. The second-order valence-electron chi connectivity index (χ2n) is 6.44. The maximum Gasteiger partial charge on any atom is 0.133 e. The lowest BCUT2D eigenvalue weighted by Gasteiger charge is -2.25. The van der Waals surface area contributed by atoms with Gasteiger partial charge in [0.2, 0.25) is 0 Å². The highest BCUT2D eigenvalue weighted by Gasteiger charge is 2.20. The first-order valence-electron chi connectivity index (χ1n) is 8.48. The fourth-order valence-electron chi connectivity index (χ4n) is 3.18. The molecule has 0 fully saturated rings. The molecule has 1 aromatic carbocycles. The monoisotopic (exact) mass is 311 g/mol. The minimum absolute atomic E-state index is 0.0597. The lowest BCUT2D eigenvalue weighted by Crippen LogP contribution is -2.33. The standard InChI is InChI=1S/C19H25N3O/c1-13(18(23)12-15-8-4-3-5-9-15)20-19-16-10-6-7-11-17(16)21-14(2)22-19/h3-5,8-9,13,18,23H,6-7,10-12H2,1-2H3,(H,20,21,22). The molecular formula is C19H25N3O. The molecule has 0 amide bonds. The highest BCUT2D eigenvalue weighted by Crippen LogP contribution is 2.26. The molecule has 1 aromatic heterocycles. The van der Waals surface area contributed by atoms with Crippen molar-refractivity contribution in [3.8, 4) is 0 Å². The quantitative estimate of drug-likeness (QED) is 0.891. The van der Waals surface area contributed by atoms with E-state index in [1.165, 1.54) is 24.1 Å². The summed E-state index contributed by atoms with van der Waals surface area (Å²) >= 11 is 0. The van der Waals surface area contributed by atoms with Gasteiger partial charge in [0.25, 0.3) is 0 Å². The molecule has 0 spiro atoms. The van der Waals surface area contributed by atoms with Crippen LogP contribution in [-0.4, -0.2) is 27.2 Å². The van der Waals surface area contributed by atoms with Crippen LogP contribution < -0.4 is 5.32 Å². The third kappa shape index (κ3) is 3.88. The summed E-state index contributed by atoms with van der Waals surface area (Å²) in [5, 5.41) is 13.9. The number of aliphatic hydroxyl groups is 1. The Kier molecular flexibility index (Phi) is 4.91. The Bertz CT molecular complexity index is 657. The van der Waals surface area contributed by atoms with Crippen LogP contribution in [0.4, 0.5) is 5.82 Å². The lowest BCUT2D eigenvalue weighted by molar-refractivity contribution is 0.158. The zero-order valence-electron chi connectivity index (χ0n) is 13.9. The average molecular weight is 311 g/mol. The number of aliphatic hydroxyl groups excluding tert-OH is 1. The molecule has 2 N–H and O–H groups in total. The maximum atomic E-state index is 10.5. The molecule has 0 saturated carbocycles. The van der Waals surface area contributed by atoms with Crippen LogP contribution in [0.25, 0.3) is 0 Å². The highest BCUT2D eigenvalue weighted by molar-refractivity contribution is 5.48. The number of fused-ring (bicyclic) bond motifs is 1. The van der Waals surface area contributed by atoms with Gasteiger partial charge in [-0.1, -0.05) is 30.3 Å². The minimum Gasteiger partial charge on any atom is -0.391 e. The van der Waals surface area contributed by atoms with E-state index in [4.69, 9.17) is 0 Å². The van der Waals surface area contributed by atoms with Crippen LogP contribution in [0.15, 0.2) is 30.3 Å². The Hall–Kier alpha value is -1.94. The van der Waals surface area contributed by atoms with Crippen molar-refractivity contribution in [3.63, 3.8) is 0 Å². The number of nitrogens with one attached hydrogen (secondary N) is 1. The molecule has 2 atom stereocenters. The van der Waals surface area contributed by atoms with Gasteiger partial charge in [-0.15, -0.1) is 0 Å². The van der Waals surface area contributed by atoms with Crippen LogP contribution in [0.2, 0.25) is 0 Å². The van der Waals surface area contributed by atoms with Gasteiger partial charge in [-0.25, -0.2) is 9.97 Å². The molecule has 3 rings (SSSR count). The van der Waals surface area contributed by atoms with Crippen molar-refractivity contribution in [2.24, 2.45) is 0 Å². The zero-order valence-corrected chi connectivity index (χ0v) is 13.9. The van der Waals surface area contributed by atoms with Gasteiger partial charge in [0.15, 0.2) is 0 Å². The predicted molar refractivity (Wildman–Crippen MR) is 92.6 cm³/mol. The second-order valence-corrected chi connectivity index (χ2v) is 6.44. The summed E-state index contributed by atoms with van der Waals surface area (Å²) in [5.41, 5.74) is 3.56. The normalized spacial score (nSPS) is 16.5. The SMILES string of the molecule is Cc1nc2c(c(NC(C)C(O)Cc3ccccc3)n1)CCCC2. The smallest absolute Gasteiger partial charge is 0.133 e. The number of nitrogens with zero attached hydrogens (tertiary/aromatic N) is 2. The Balaban J connectivity index is 1.72. The van der Waals surface area contributed by atoms with Gasteiger partial charge in [-0.3, -0.25) is 0 Å². The van der Waals surface area contributed by atoms with E-state index in [-0.39, 0.29) is 6.04 Å². The van der Waals surface area contributed by atoms with Crippen LogP contribution in [0.3, 0.4) is 0 Å². The van der Waals surface area contributed by atoms with Crippen molar-refractivity contribution >= 4 is 5.82 Å². The molecule has 122 valence electrons. The molecule has 1 aliphatic rings. The van der Waals surface area contributed by atoms with Gasteiger partial charge in [-0.2, -0.15) is 0 Å². The molecule has 2 aromatic rings. The summed E-state index contributed by atoms with van der Waals surface area (Å²) in [6.45, 7) is 3.95. The first-order valence-corrected chi connectivity index (χ1v) is 8.48. The van der Waals surface area contributed by atoms with Crippen molar-refractivity contribution in [1.29, 1.82) is 0 Å². The molecule has 4 heteroatoms. The Labute approximate surface area is 138 Å². The molecule has 4 nitrogen and oxygen atoms in total. The Morgan fingerprint density at radius 3 is 2.65 bits per heavy atom. The third-order valence-corrected chi connectivity index (χ3v) is 4.52. The largest absolute Gasteiger partial charge is 0.391 e. The maximum absolute atomic E-state index is 10.5. The van der Waals surface area contributed by atoms with Crippen LogP contribution in [0, 0.1) is 6.92 Å². The van der Waals surface area contributed by atoms with Crippen LogP contribution in [0.1, 0.15) is 42.4 Å². The van der Waals surface area contributed by atoms with E-state index in [0.717, 1.165) is 30.0 Å². The average Bonchev–Trinajstić information content (AvgIpc) is 2.55. The van der Waals surface area contributed by atoms with E-state index in [1.54, 1.807) is 0 Å². The first-order chi connectivity index (χ1) is 11.1. The molecule has 0 aliphatic heterocycles. The number of rotatable bonds is 5. The van der Waals surface area contributed by atoms with E-state index in [1.807, 2.05) is 44.2 Å². The molecule has 0 radical (unpaired) electrons. The molecule has 0 bridgehead atoms. The third-order valence-electron chi connectivity index (χ3n) is 4.52. The molecular weight excluding hydrogens is 286 g/mol. The summed E-state index contributed by atoms with van der Waals surface area (Å²) in [6.07, 6.45) is 4.64. The topological polar surface area (TPSA) is 58.0 Å². The van der Waals surface area contributed by atoms with Gasteiger partial charge in [0, 0.05) is 17.7 Å². The highest BCUT2D eigenvalue weighted by atomic mass is 16.3. The fraction of sp³-hybridized carbons (Fsp3) is 0.474.